The van der Waals surface area contributed by atoms with E-state index in [1.165, 1.54) is 29.3 Å². The van der Waals surface area contributed by atoms with Gasteiger partial charge in [-0.3, -0.25) is 9.52 Å². The van der Waals surface area contributed by atoms with Crippen molar-refractivity contribution in [2.75, 3.05) is 17.5 Å². The fraction of sp³-hybridized carbons (Fsp3) is 0.176. The van der Waals surface area contributed by atoms with Crippen LogP contribution in [0.25, 0.3) is 0 Å². The standard InChI is InChI=1S/C17H16FN3O3S/c1-25(23,24)20-15-7-3-4-12(11-15)16-8-9-21(19-16)17(22)13-5-2-6-14(18)10-13/h2-7,10-11,20H,8-9H2,1H3. The third-order valence-electron chi connectivity index (χ3n) is 3.61. The molecule has 3 rings (SSSR count). The number of hydrogen-bond donors (Lipinski definition) is 1. The van der Waals surface area contributed by atoms with Gasteiger partial charge >= 0.3 is 0 Å². The van der Waals surface area contributed by atoms with Crippen molar-refractivity contribution in [3.63, 3.8) is 0 Å². The van der Waals surface area contributed by atoms with Gasteiger partial charge in [-0.25, -0.2) is 17.8 Å². The van der Waals surface area contributed by atoms with Crippen LogP contribution >= 0.6 is 0 Å². The zero-order chi connectivity index (χ0) is 18.0. The van der Waals surface area contributed by atoms with Gasteiger partial charge in [0, 0.05) is 17.7 Å². The fourth-order valence-corrected chi connectivity index (χ4v) is 3.11. The van der Waals surface area contributed by atoms with E-state index >= 15 is 0 Å². The van der Waals surface area contributed by atoms with Crippen molar-refractivity contribution >= 4 is 27.3 Å². The Kier molecular flexibility index (Phi) is 4.54. The molecule has 0 unspecified atom stereocenters. The minimum absolute atomic E-state index is 0.234. The number of carbonyl (C=O) groups excluding carboxylic acids is 1. The molecule has 0 aromatic heterocycles. The summed E-state index contributed by atoms with van der Waals surface area (Å²) in [5, 5.41) is 5.60. The van der Waals surface area contributed by atoms with Crippen LogP contribution in [-0.4, -0.2) is 37.8 Å². The minimum atomic E-state index is -3.37. The number of nitrogens with one attached hydrogen (secondary N) is 1. The van der Waals surface area contributed by atoms with E-state index in [0.717, 1.165) is 11.8 Å². The SMILES string of the molecule is CS(=O)(=O)Nc1cccc(C2=NN(C(=O)c3cccc(F)c3)CC2)c1. The molecule has 0 aliphatic carbocycles. The summed E-state index contributed by atoms with van der Waals surface area (Å²) in [7, 11) is -3.37. The van der Waals surface area contributed by atoms with E-state index in [1.807, 2.05) is 0 Å². The van der Waals surface area contributed by atoms with E-state index < -0.39 is 15.8 Å². The lowest BCUT2D eigenvalue weighted by atomic mass is 10.1. The second kappa shape index (κ2) is 6.64. The highest BCUT2D eigenvalue weighted by atomic mass is 32.2. The highest BCUT2D eigenvalue weighted by Gasteiger charge is 2.23. The zero-order valence-electron chi connectivity index (χ0n) is 13.4. The van der Waals surface area contributed by atoms with Crippen LogP contribution in [0, 0.1) is 5.82 Å². The molecule has 1 amide bonds. The van der Waals surface area contributed by atoms with Crippen LogP contribution < -0.4 is 4.72 Å². The van der Waals surface area contributed by atoms with Gasteiger partial charge in [0.1, 0.15) is 5.82 Å². The van der Waals surface area contributed by atoms with E-state index in [-0.39, 0.29) is 11.5 Å². The van der Waals surface area contributed by atoms with Crippen molar-refractivity contribution < 1.29 is 17.6 Å². The van der Waals surface area contributed by atoms with Crippen molar-refractivity contribution in [2.45, 2.75) is 6.42 Å². The van der Waals surface area contributed by atoms with Crippen LogP contribution in [0.4, 0.5) is 10.1 Å². The Morgan fingerprint density at radius 1 is 1.20 bits per heavy atom. The molecule has 6 nitrogen and oxygen atoms in total. The Balaban J connectivity index is 1.82. The van der Waals surface area contributed by atoms with Gasteiger partial charge in [-0.05, 0) is 35.9 Å². The Bertz CT molecular complexity index is 957. The predicted octanol–water partition coefficient (Wildman–Crippen LogP) is 2.45. The lowest BCUT2D eigenvalue weighted by Gasteiger charge is -2.11. The number of anilines is 1. The summed E-state index contributed by atoms with van der Waals surface area (Å²) in [6.45, 7) is 0.383. The number of sulfonamides is 1. The highest BCUT2D eigenvalue weighted by Crippen LogP contribution is 2.20. The van der Waals surface area contributed by atoms with E-state index in [0.29, 0.717) is 24.4 Å². The van der Waals surface area contributed by atoms with Gasteiger partial charge in [-0.1, -0.05) is 18.2 Å². The van der Waals surface area contributed by atoms with Gasteiger partial charge in [0.05, 0.1) is 18.5 Å². The first-order valence-corrected chi connectivity index (χ1v) is 9.44. The smallest absolute Gasteiger partial charge is 0.274 e. The van der Waals surface area contributed by atoms with Gasteiger partial charge in [-0.2, -0.15) is 5.10 Å². The molecule has 0 radical (unpaired) electrons. The third kappa shape index (κ3) is 4.21. The molecule has 8 heteroatoms. The van der Waals surface area contributed by atoms with Gasteiger partial charge in [0.2, 0.25) is 10.0 Å². The van der Waals surface area contributed by atoms with Crippen LogP contribution in [0.3, 0.4) is 0 Å². The van der Waals surface area contributed by atoms with Gasteiger partial charge in [0.25, 0.3) is 5.91 Å². The number of hydrazone groups is 1. The van der Waals surface area contributed by atoms with E-state index in [2.05, 4.69) is 9.82 Å². The average Bonchev–Trinajstić information content (AvgIpc) is 3.03. The number of amides is 1. The third-order valence-corrected chi connectivity index (χ3v) is 4.21. The predicted molar refractivity (Wildman–Crippen MR) is 93.5 cm³/mol. The first kappa shape index (κ1) is 17.1. The topological polar surface area (TPSA) is 78.8 Å². The Labute approximate surface area is 145 Å². The molecule has 0 atom stereocenters. The number of hydrogen-bond acceptors (Lipinski definition) is 4. The lowest BCUT2D eigenvalue weighted by Crippen LogP contribution is -2.23. The van der Waals surface area contributed by atoms with Crippen LogP contribution in [0.15, 0.2) is 53.6 Å². The first-order valence-electron chi connectivity index (χ1n) is 7.55. The first-order chi connectivity index (χ1) is 11.8. The molecule has 1 N–H and O–H groups in total. The summed E-state index contributed by atoms with van der Waals surface area (Å²) in [5.41, 5.74) is 2.06. The van der Waals surface area contributed by atoms with E-state index in [4.69, 9.17) is 0 Å². The lowest BCUT2D eigenvalue weighted by molar-refractivity contribution is 0.0778. The monoisotopic (exact) mass is 361 g/mol. The maximum Gasteiger partial charge on any atom is 0.274 e. The number of carbonyl (C=O) groups is 1. The van der Waals surface area contributed by atoms with Crippen molar-refractivity contribution in [3.8, 4) is 0 Å². The quantitative estimate of drug-likeness (QED) is 0.908. The summed E-state index contributed by atoms with van der Waals surface area (Å²) in [6, 6.07) is 12.3. The van der Waals surface area contributed by atoms with Crippen molar-refractivity contribution in [1.82, 2.24) is 5.01 Å². The second-order valence-electron chi connectivity index (χ2n) is 5.69. The Morgan fingerprint density at radius 2 is 1.96 bits per heavy atom. The van der Waals surface area contributed by atoms with Crippen LogP contribution in [-0.2, 0) is 10.0 Å². The molecule has 1 aliphatic rings. The minimum Gasteiger partial charge on any atom is -0.284 e. The number of nitrogens with zero attached hydrogens (tertiary/aromatic N) is 2. The second-order valence-corrected chi connectivity index (χ2v) is 7.44. The molecule has 25 heavy (non-hydrogen) atoms. The molecular formula is C17H16FN3O3S. The Morgan fingerprint density at radius 3 is 2.68 bits per heavy atom. The fourth-order valence-electron chi connectivity index (χ4n) is 2.55. The summed E-state index contributed by atoms with van der Waals surface area (Å²) >= 11 is 0. The molecular weight excluding hydrogens is 345 g/mol. The molecule has 0 fully saturated rings. The number of benzene rings is 2. The van der Waals surface area contributed by atoms with Crippen LogP contribution in [0.5, 0.6) is 0 Å². The molecule has 0 spiro atoms. The maximum absolute atomic E-state index is 13.3. The normalized spacial score (nSPS) is 14.3. The largest absolute Gasteiger partial charge is 0.284 e. The Hall–Kier alpha value is -2.74. The molecule has 0 saturated carbocycles. The van der Waals surface area contributed by atoms with Crippen LogP contribution in [0.2, 0.25) is 0 Å². The molecule has 2 aromatic rings. The summed E-state index contributed by atoms with van der Waals surface area (Å²) in [4.78, 5) is 12.4. The summed E-state index contributed by atoms with van der Waals surface area (Å²) in [6.07, 6.45) is 1.61. The number of halogens is 1. The number of rotatable bonds is 4. The molecule has 130 valence electrons. The molecule has 0 bridgehead atoms. The highest BCUT2D eigenvalue weighted by molar-refractivity contribution is 7.92. The maximum atomic E-state index is 13.3. The summed E-state index contributed by atoms with van der Waals surface area (Å²) < 4.78 is 38.3. The van der Waals surface area contributed by atoms with Gasteiger partial charge in [-0.15, -0.1) is 0 Å². The average molecular weight is 361 g/mol. The van der Waals surface area contributed by atoms with Crippen molar-refractivity contribution in [1.29, 1.82) is 0 Å². The van der Waals surface area contributed by atoms with E-state index in [9.17, 15) is 17.6 Å². The molecule has 2 aromatic carbocycles. The molecule has 1 heterocycles. The van der Waals surface area contributed by atoms with Crippen molar-refractivity contribution in [3.05, 3.63) is 65.5 Å². The molecule has 1 aliphatic heterocycles. The van der Waals surface area contributed by atoms with Crippen molar-refractivity contribution in [2.24, 2.45) is 5.10 Å². The van der Waals surface area contributed by atoms with E-state index in [1.54, 1.807) is 24.3 Å². The zero-order valence-corrected chi connectivity index (χ0v) is 14.3. The molecule has 0 saturated heterocycles. The van der Waals surface area contributed by atoms with Crippen LogP contribution in [0.1, 0.15) is 22.3 Å². The van der Waals surface area contributed by atoms with Gasteiger partial charge in [0.15, 0.2) is 0 Å². The summed E-state index contributed by atoms with van der Waals surface area (Å²) in [5.74, 6) is -0.853. The van der Waals surface area contributed by atoms with Gasteiger partial charge < -0.3 is 0 Å².